The lowest BCUT2D eigenvalue weighted by molar-refractivity contribution is 1.58. The van der Waals surface area contributed by atoms with Gasteiger partial charge in [0.25, 0.3) is 0 Å². The van der Waals surface area contributed by atoms with Crippen molar-refractivity contribution in [1.82, 2.24) is 0 Å². The van der Waals surface area contributed by atoms with Gasteiger partial charge in [0.1, 0.15) is 0 Å². The second-order valence-corrected chi connectivity index (χ2v) is 16.5. The fraction of sp³-hybridized carbons (Fsp3) is 0. The standard InChI is InChI=1S/C62H40/c1-3-15-41(16-4-1)49-33-51(47-29-27-43-19-7-9-21-45(43)31-47)37-53(35-49)59-39-61-58-26-14-12-24-56(58)60(40-62(61)57-25-13-11-23-55(57)59)54-36-50(42-17-5-2-6-18-42)34-52(38-54)48-30-28-44-20-8-10-22-46(44)32-48/h1-40H. The van der Waals surface area contributed by atoms with Crippen LogP contribution in [0.1, 0.15) is 0 Å². The van der Waals surface area contributed by atoms with Crippen molar-refractivity contribution in [3.05, 3.63) is 243 Å². The van der Waals surface area contributed by atoms with Crippen LogP contribution in [-0.4, -0.2) is 0 Å². The average molecular weight is 785 g/mol. The highest BCUT2D eigenvalue weighted by molar-refractivity contribution is 6.24. The highest BCUT2D eigenvalue weighted by atomic mass is 14.2. The molecule has 0 aliphatic carbocycles. The molecule has 0 heterocycles. The second kappa shape index (κ2) is 14.9. The summed E-state index contributed by atoms with van der Waals surface area (Å²) < 4.78 is 0. The molecule has 12 aromatic rings. The molecule has 288 valence electrons. The van der Waals surface area contributed by atoms with Crippen LogP contribution in [0, 0.1) is 0 Å². The first-order valence-corrected chi connectivity index (χ1v) is 21.5. The average Bonchev–Trinajstić information content (AvgIpc) is 3.35. The molecule has 0 saturated heterocycles. The van der Waals surface area contributed by atoms with Crippen molar-refractivity contribution < 1.29 is 0 Å². The first-order valence-electron chi connectivity index (χ1n) is 21.5. The van der Waals surface area contributed by atoms with E-state index in [1.807, 2.05) is 0 Å². The lowest BCUT2D eigenvalue weighted by Gasteiger charge is -2.18. The molecule has 12 aromatic carbocycles. The largest absolute Gasteiger partial charge is 0.0622 e. The first kappa shape index (κ1) is 35.8. The number of hydrogen-bond donors (Lipinski definition) is 0. The highest BCUT2D eigenvalue weighted by Gasteiger charge is 2.18. The maximum absolute atomic E-state index is 2.46. The van der Waals surface area contributed by atoms with Gasteiger partial charge in [-0.15, -0.1) is 0 Å². The first-order chi connectivity index (χ1) is 30.7. The van der Waals surface area contributed by atoms with E-state index in [9.17, 15) is 0 Å². The van der Waals surface area contributed by atoms with E-state index >= 15 is 0 Å². The fourth-order valence-electron chi connectivity index (χ4n) is 9.66. The number of benzene rings is 12. The smallest absolute Gasteiger partial charge is 0.00923 e. The van der Waals surface area contributed by atoms with Gasteiger partial charge < -0.3 is 0 Å². The molecule has 0 bridgehead atoms. The number of hydrogen-bond acceptors (Lipinski definition) is 0. The molecule has 0 aliphatic heterocycles. The fourth-order valence-corrected chi connectivity index (χ4v) is 9.66. The van der Waals surface area contributed by atoms with E-state index in [0.717, 1.165) is 0 Å². The van der Waals surface area contributed by atoms with Gasteiger partial charge in [-0.25, -0.2) is 0 Å². The Kier molecular flexibility index (Phi) is 8.61. The Labute approximate surface area is 361 Å². The lowest BCUT2D eigenvalue weighted by atomic mass is 9.85. The summed E-state index contributed by atoms with van der Waals surface area (Å²) in [6.07, 6.45) is 0. The van der Waals surface area contributed by atoms with Crippen LogP contribution in [-0.2, 0) is 0 Å². The Hall–Kier alpha value is -8.06. The van der Waals surface area contributed by atoms with Crippen LogP contribution in [0.25, 0.3) is 121 Å². The van der Waals surface area contributed by atoms with E-state index in [1.54, 1.807) is 0 Å². The molecule has 0 radical (unpaired) electrons. The Balaban J connectivity index is 1.10. The molecular weight excluding hydrogens is 745 g/mol. The predicted octanol–water partition coefficient (Wildman–Crippen LogP) is 17.5. The third kappa shape index (κ3) is 6.33. The van der Waals surface area contributed by atoms with Crippen molar-refractivity contribution in [2.24, 2.45) is 0 Å². The molecular formula is C62H40. The van der Waals surface area contributed by atoms with Crippen molar-refractivity contribution in [3.8, 4) is 66.8 Å². The van der Waals surface area contributed by atoms with Gasteiger partial charge in [0.15, 0.2) is 0 Å². The molecule has 0 heteroatoms. The molecule has 0 saturated carbocycles. The van der Waals surface area contributed by atoms with Gasteiger partial charge in [0.2, 0.25) is 0 Å². The second-order valence-electron chi connectivity index (χ2n) is 16.5. The van der Waals surface area contributed by atoms with E-state index in [4.69, 9.17) is 0 Å². The summed E-state index contributed by atoms with van der Waals surface area (Å²) in [6.45, 7) is 0. The highest BCUT2D eigenvalue weighted by Crippen LogP contribution is 2.45. The van der Waals surface area contributed by atoms with Crippen LogP contribution in [0.2, 0.25) is 0 Å². The molecule has 0 unspecified atom stereocenters. The molecule has 0 atom stereocenters. The van der Waals surface area contributed by atoms with Crippen LogP contribution in [0.3, 0.4) is 0 Å². The SMILES string of the molecule is c1ccc(-c2cc(-c3ccc4ccccc4c3)cc(-c3cc4c5ccccc5c(-c5cc(-c6ccccc6)cc(-c6ccc7ccccc7c6)c5)cc4c4ccccc34)c2)cc1. The minimum Gasteiger partial charge on any atom is -0.0622 e. The molecule has 0 nitrogen and oxygen atoms in total. The van der Waals surface area contributed by atoms with E-state index in [2.05, 4.69) is 243 Å². The molecule has 0 aromatic heterocycles. The summed E-state index contributed by atoms with van der Waals surface area (Å²) in [4.78, 5) is 0. The minimum absolute atomic E-state index is 1.20. The third-order valence-electron chi connectivity index (χ3n) is 12.8. The summed E-state index contributed by atoms with van der Waals surface area (Å²) >= 11 is 0. The van der Waals surface area contributed by atoms with E-state index in [1.165, 1.54) is 121 Å². The molecule has 0 N–H and O–H groups in total. The third-order valence-corrected chi connectivity index (χ3v) is 12.8. The Morgan fingerprint density at radius 2 is 0.468 bits per heavy atom. The maximum Gasteiger partial charge on any atom is -0.00923 e. The van der Waals surface area contributed by atoms with Crippen LogP contribution in [0.15, 0.2) is 243 Å². The molecule has 0 fully saturated rings. The van der Waals surface area contributed by atoms with Gasteiger partial charge in [-0.05, 0) is 181 Å². The zero-order chi connectivity index (χ0) is 41.0. The van der Waals surface area contributed by atoms with Gasteiger partial charge in [-0.3, -0.25) is 0 Å². The lowest BCUT2D eigenvalue weighted by Crippen LogP contribution is -1.91. The van der Waals surface area contributed by atoms with Crippen LogP contribution in [0.4, 0.5) is 0 Å². The zero-order valence-electron chi connectivity index (χ0n) is 34.1. The maximum atomic E-state index is 2.46. The topological polar surface area (TPSA) is 0 Å². The van der Waals surface area contributed by atoms with Crippen molar-refractivity contribution in [2.45, 2.75) is 0 Å². The zero-order valence-corrected chi connectivity index (χ0v) is 34.1. The van der Waals surface area contributed by atoms with Crippen LogP contribution in [0.5, 0.6) is 0 Å². The molecule has 0 aliphatic rings. The van der Waals surface area contributed by atoms with Gasteiger partial charge in [0, 0.05) is 0 Å². The summed E-state index contributed by atoms with van der Waals surface area (Å²) in [6, 6.07) is 89.7. The van der Waals surface area contributed by atoms with E-state index in [-0.39, 0.29) is 0 Å². The van der Waals surface area contributed by atoms with Gasteiger partial charge in [-0.1, -0.05) is 182 Å². The van der Waals surface area contributed by atoms with E-state index in [0.29, 0.717) is 0 Å². The summed E-state index contributed by atoms with van der Waals surface area (Å²) in [7, 11) is 0. The van der Waals surface area contributed by atoms with Crippen molar-refractivity contribution in [1.29, 1.82) is 0 Å². The van der Waals surface area contributed by atoms with Crippen molar-refractivity contribution >= 4 is 53.9 Å². The van der Waals surface area contributed by atoms with Crippen molar-refractivity contribution in [2.75, 3.05) is 0 Å². The molecule has 0 amide bonds. The Morgan fingerprint density at radius 1 is 0.145 bits per heavy atom. The Bertz CT molecular complexity index is 3430. The summed E-state index contributed by atoms with van der Waals surface area (Å²) in [5.41, 5.74) is 14.5. The summed E-state index contributed by atoms with van der Waals surface area (Å²) in [5, 5.41) is 12.5. The Morgan fingerprint density at radius 3 is 0.887 bits per heavy atom. The van der Waals surface area contributed by atoms with Gasteiger partial charge in [-0.2, -0.15) is 0 Å². The van der Waals surface area contributed by atoms with E-state index < -0.39 is 0 Å². The van der Waals surface area contributed by atoms with Gasteiger partial charge in [0.05, 0.1) is 0 Å². The molecule has 0 spiro atoms. The predicted molar refractivity (Wildman–Crippen MR) is 267 cm³/mol. The van der Waals surface area contributed by atoms with Gasteiger partial charge >= 0.3 is 0 Å². The number of fused-ring (bicyclic) bond motifs is 7. The molecule has 62 heavy (non-hydrogen) atoms. The molecule has 12 rings (SSSR count). The quantitative estimate of drug-likeness (QED) is 0.147. The minimum atomic E-state index is 1.20. The number of rotatable bonds is 6. The summed E-state index contributed by atoms with van der Waals surface area (Å²) in [5.74, 6) is 0. The van der Waals surface area contributed by atoms with Crippen molar-refractivity contribution in [3.63, 3.8) is 0 Å². The van der Waals surface area contributed by atoms with Crippen LogP contribution >= 0.6 is 0 Å². The van der Waals surface area contributed by atoms with Crippen LogP contribution < -0.4 is 0 Å². The monoisotopic (exact) mass is 784 g/mol. The normalized spacial score (nSPS) is 11.5.